The van der Waals surface area contributed by atoms with Crippen LogP contribution in [0, 0.1) is 0 Å². The van der Waals surface area contributed by atoms with Gasteiger partial charge >= 0.3 is 6.03 Å². The number of amides is 2. The highest BCUT2D eigenvalue weighted by molar-refractivity contribution is 5.94. The summed E-state index contributed by atoms with van der Waals surface area (Å²) in [6.45, 7) is 1.97. The third-order valence-electron chi connectivity index (χ3n) is 4.20. The number of hydrogen-bond acceptors (Lipinski definition) is 2. The first kappa shape index (κ1) is 12.3. The van der Waals surface area contributed by atoms with Crippen molar-refractivity contribution in [2.45, 2.75) is 25.1 Å². The van der Waals surface area contributed by atoms with Crippen molar-refractivity contribution in [3.63, 3.8) is 0 Å². The van der Waals surface area contributed by atoms with Crippen LogP contribution in [0.3, 0.4) is 0 Å². The lowest BCUT2D eigenvalue weighted by Crippen LogP contribution is -2.65. The quantitative estimate of drug-likeness (QED) is 0.869. The number of benzene rings is 2. The zero-order valence-electron chi connectivity index (χ0n) is 11.7. The van der Waals surface area contributed by atoms with Crippen LogP contribution in [0.5, 0.6) is 5.75 Å². The van der Waals surface area contributed by atoms with Gasteiger partial charge in [-0.05, 0) is 25.1 Å². The molecule has 2 heterocycles. The van der Waals surface area contributed by atoms with Crippen LogP contribution >= 0.6 is 0 Å². The van der Waals surface area contributed by atoms with Gasteiger partial charge in [-0.15, -0.1) is 0 Å². The number of fused-ring (bicyclic) bond motifs is 4. The van der Waals surface area contributed by atoms with Crippen LogP contribution in [0.1, 0.15) is 24.9 Å². The smallest absolute Gasteiger partial charge is 0.325 e. The van der Waals surface area contributed by atoms with Gasteiger partial charge in [0.1, 0.15) is 5.75 Å². The predicted molar refractivity (Wildman–Crippen MR) is 80.3 cm³/mol. The van der Waals surface area contributed by atoms with E-state index >= 15 is 0 Å². The molecule has 4 heteroatoms. The van der Waals surface area contributed by atoms with E-state index in [0.29, 0.717) is 0 Å². The van der Waals surface area contributed by atoms with Crippen LogP contribution in [0.15, 0.2) is 54.6 Å². The molecule has 106 valence electrons. The van der Waals surface area contributed by atoms with E-state index in [-0.39, 0.29) is 12.1 Å². The number of rotatable bonds is 1. The Kier molecular flexibility index (Phi) is 2.48. The van der Waals surface area contributed by atoms with Crippen LogP contribution in [0.25, 0.3) is 0 Å². The molecule has 0 aromatic heterocycles. The van der Waals surface area contributed by atoms with Gasteiger partial charge < -0.3 is 10.1 Å². The average Bonchev–Trinajstić information content (AvgIpc) is 2.47. The number of ether oxygens (including phenoxy) is 1. The molecule has 0 saturated carbocycles. The van der Waals surface area contributed by atoms with E-state index in [9.17, 15) is 4.79 Å². The summed E-state index contributed by atoms with van der Waals surface area (Å²) in [4.78, 5) is 14.3. The van der Waals surface area contributed by atoms with Gasteiger partial charge in [0, 0.05) is 17.7 Å². The summed E-state index contributed by atoms with van der Waals surface area (Å²) < 4.78 is 6.19. The number of nitrogens with one attached hydrogen (secondary N) is 1. The molecule has 2 aromatic carbocycles. The molecule has 0 spiro atoms. The monoisotopic (exact) mass is 280 g/mol. The summed E-state index contributed by atoms with van der Waals surface area (Å²) >= 11 is 0. The summed E-state index contributed by atoms with van der Waals surface area (Å²) in [5, 5.41) is 3.08. The molecule has 21 heavy (non-hydrogen) atoms. The Morgan fingerprint density at radius 1 is 1.14 bits per heavy atom. The van der Waals surface area contributed by atoms with Crippen LogP contribution in [0.2, 0.25) is 0 Å². The Labute approximate surface area is 123 Å². The zero-order chi connectivity index (χ0) is 14.4. The third kappa shape index (κ3) is 1.79. The van der Waals surface area contributed by atoms with Gasteiger partial charge in [-0.1, -0.05) is 36.4 Å². The fraction of sp³-hybridized carbons (Fsp3) is 0.235. The topological polar surface area (TPSA) is 41.6 Å². The fourth-order valence-corrected chi connectivity index (χ4v) is 3.29. The Bertz CT molecular complexity index is 701. The zero-order valence-corrected chi connectivity index (χ0v) is 11.7. The molecule has 4 rings (SSSR count). The van der Waals surface area contributed by atoms with Crippen molar-refractivity contribution in [1.82, 2.24) is 5.32 Å². The number of hydrogen-bond donors (Lipinski definition) is 1. The summed E-state index contributed by atoms with van der Waals surface area (Å²) in [7, 11) is 0. The van der Waals surface area contributed by atoms with E-state index in [1.807, 2.05) is 61.5 Å². The lowest BCUT2D eigenvalue weighted by molar-refractivity contribution is 0.0379. The van der Waals surface area contributed by atoms with Crippen molar-refractivity contribution in [3.05, 3.63) is 60.2 Å². The van der Waals surface area contributed by atoms with Crippen molar-refractivity contribution < 1.29 is 9.53 Å². The van der Waals surface area contributed by atoms with Crippen molar-refractivity contribution in [1.29, 1.82) is 0 Å². The van der Waals surface area contributed by atoms with Crippen LogP contribution in [0.4, 0.5) is 10.5 Å². The van der Waals surface area contributed by atoms with E-state index < -0.39 is 5.72 Å². The van der Waals surface area contributed by atoms with Gasteiger partial charge in [0.15, 0.2) is 5.72 Å². The number of para-hydroxylation sites is 2. The number of anilines is 1. The van der Waals surface area contributed by atoms with Gasteiger partial charge in [-0.3, -0.25) is 4.90 Å². The Balaban J connectivity index is 1.82. The largest absolute Gasteiger partial charge is 0.467 e. The second-order valence-electron chi connectivity index (χ2n) is 5.69. The lowest BCUT2D eigenvalue weighted by Gasteiger charge is -2.50. The highest BCUT2D eigenvalue weighted by Crippen LogP contribution is 2.45. The first-order valence-electron chi connectivity index (χ1n) is 7.11. The molecule has 0 unspecified atom stereocenters. The minimum Gasteiger partial charge on any atom is -0.467 e. The van der Waals surface area contributed by atoms with Gasteiger partial charge in [0.2, 0.25) is 0 Å². The first-order valence-corrected chi connectivity index (χ1v) is 7.11. The molecule has 2 bridgehead atoms. The molecular formula is C17H16N2O2. The van der Waals surface area contributed by atoms with Crippen molar-refractivity contribution in [3.8, 4) is 5.75 Å². The highest BCUT2D eigenvalue weighted by atomic mass is 16.5. The van der Waals surface area contributed by atoms with Crippen molar-refractivity contribution >= 4 is 11.7 Å². The standard InChI is InChI=1S/C17H16N2O2/c1-17-11-14(13-9-5-6-10-15(13)21-17)18-16(20)19(17)12-7-3-2-4-8-12/h2-10,14H,11H2,1H3,(H,18,20)/t14-,17-/m0/s1. The minimum atomic E-state index is -0.664. The fourth-order valence-electron chi connectivity index (χ4n) is 3.29. The molecule has 2 amide bonds. The molecule has 1 N–H and O–H groups in total. The van der Waals surface area contributed by atoms with Gasteiger partial charge in [-0.25, -0.2) is 4.79 Å². The Morgan fingerprint density at radius 2 is 1.86 bits per heavy atom. The Hall–Kier alpha value is -2.49. The molecule has 2 aliphatic rings. The second kappa shape index (κ2) is 4.25. The van der Waals surface area contributed by atoms with Gasteiger partial charge in [-0.2, -0.15) is 0 Å². The SMILES string of the molecule is C[C@]12C[C@H](NC(=O)N1c1ccccc1)c1ccccc1O2. The third-order valence-corrected chi connectivity index (χ3v) is 4.20. The minimum absolute atomic E-state index is 0.00686. The van der Waals surface area contributed by atoms with Crippen molar-refractivity contribution in [2.24, 2.45) is 0 Å². The average molecular weight is 280 g/mol. The summed E-state index contributed by atoms with van der Waals surface area (Å²) in [6.07, 6.45) is 0.727. The second-order valence-corrected chi connectivity index (χ2v) is 5.69. The van der Waals surface area contributed by atoms with E-state index in [1.165, 1.54) is 0 Å². The summed E-state index contributed by atoms with van der Waals surface area (Å²) in [6, 6.07) is 17.4. The molecule has 1 saturated heterocycles. The molecule has 0 radical (unpaired) electrons. The molecule has 0 aliphatic carbocycles. The number of nitrogens with zero attached hydrogens (tertiary/aromatic N) is 1. The van der Waals surface area contributed by atoms with Crippen molar-refractivity contribution in [2.75, 3.05) is 4.90 Å². The molecular weight excluding hydrogens is 264 g/mol. The van der Waals surface area contributed by atoms with Crippen LogP contribution < -0.4 is 15.0 Å². The number of carbonyl (C=O) groups is 1. The van der Waals surface area contributed by atoms with Gasteiger partial charge in [0.25, 0.3) is 0 Å². The Morgan fingerprint density at radius 3 is 2.67 bits per heavy atom. The maximum Gasteiger partial charge on any atom is 0.325 e. The molecule has 4 nitrogen and oxygen atoms in total. The predicted octanol–water partition coefficient (Wildman–Crippen LogP) is 3.46. The van der Waals surface area contributed by atoms with E-state index in [1.54, 1.807) is 4.90 Å². The van der Waals surface area contributed by atoms with Crippen LogP contribution in [-0.4, -0.2) is 11.8 Å². The maximum atomic E-state index is 12.6. The molecule has 2 aromatic rings. The molecule has 2 aliphatic heterocycles. The normalized spacial score (nSPS) is 26.6. The van der Waals surface area contributed by atoms with E-state index in [2.05, 4.69) is 5.32 Å². The highest BCUT2D eigenvalue weighted by Gasteiger charge is 2.49. The lowest BCUT2D eigenvalue weighted by atomic mass is 9.90. The van der Waals surface area contributed by atoms with Crippen LogP contribution in [-0.2, 0) is 0 Å². The number of carbonyl (C=O) groups excluding carboxylic acids is 1. The van der Waals surface area contributed by atoms with E-state index in [4.69, 9.17) is 4.74 Å². The summed E-state index contributed by atoms with van der Waals surface area (Å²) in [5.74, 6) is 0.845. The number of urea groups is 1. The first-order chi connectivity index (χ1) is 10.2. The van der Waals surface area contributed by atoms with E-state index in [0.717, 1.165) is 23.4 Å². The maximum absolute atomic E-state index is 12.6. The molecule has 2 atom stereocenters. The molecule has 1 fully saturated rings. The summed E-state index contributed by atoms with van der Waals surface area (Å²) in [5.41, 5.74) is 1.23. The van der Waals surface area contributed by atoms with Gasteiger partial charge in [0.05, 0.1) is 6.04 Å².